The molecule has 0 radical (unpaired) electrons. The number of amides is 1. The van der Waals surface area contributed by atoms with Gasteiger partial charge in [0.15, 0.2) is 0 Å². The van der Waals surface area contributed by atoms with Crippen LogP contribution in [0.15, 0.2) is 55.1 Å². The third-order valence-electron chi connectivity index (χ3n) is 5.70. The lowest BCUT2D eigenvalue weighted by molar-refractivity contribution is -0.137. The summed E-state index contributed by atoms with van der Waals surface area (Å²) in [4.78, 5) is 15.4. The SMILES string of the molecule is C=CCN1CCCC[C@H]1C(NC(=O)c1cccc(C(F)(F)F)c1Cl)c1cccc(OC)c1. The monoisotopic (exact) mass is 466 g/mol. The van der Waals surface area contributed by atoms with Gasteiger partial charge in [-0.3, -0.25) is 9.69 Å². The quantitative estimate of drug-likeness (QED) is 0.518. The molecule has 8 heteroatoms. The molecule has 32 heavy (non-hydrogen) atoms. The molecule has 2 atom stereocenters. The van der Waals surface area contributed by atoms with Gasteiger partial charge >= 0.3 is 6.18 Å². The van der Waals surface area contributed by atoms with Crippen molar-refractivity contribution in [1.82, 2.24) is 10.2 Å². The number of nitrogens with one attached hydrogen (secondary N) is 1. The van der Waals surface area contributed by atoms with E-state index < -0.39 is 28.7 Å². The molecule has 1 heterocycles. The lowest BCUT2D eigenvalue weighted by Crippen LogP contribution is -2.48. The number of likely N-dealkylation sites (tertiary alicyclic amines) is 1. The zero-order valence-electron chi connectivity index (χ0n) is 17.8. The summed E-state index contributed by atoms with van der Waals surface area (Å²) in [6, 6.07) is 10.2. The first-order chi connectivity index (χ1) is 15.3. The number of carbonyl (C=O) groups excluding carboxylic acids is 1. The van der Waals surface area contributed by atoms with E-state index in [9.17, 15) is 18.0 Å². The molecule has 4 nitrogen and oxygen atoms in total. The second-order valence-corrected chi connectivity index (χ2v) is 8.12. The van der Waals surface area contributed by atoms with Gasteiger partial charge in [-0.05, 0) is 49.2 Å². The van der Waals surface area contributed by atoms with Crippen LogP contribution in [-0.4, -0.2) is 37.0 Å². The van der Waals surface area contributed by atoms with Crippen molar-refractivity contribution < 1.29 is 22.7 Å². The van der Waals surface area contributed by atoms with E-state index in [2.05, 4.69) is 16.8 Å². The van der Waals surface area contributed by atoms with Gasteiger partial charge in [0.05, 0.1) is 29.3 Å². The second-order valence-electron chi connectivity index (χ2n) is 7.74. The van der Waals surface area contributed by atoms with Crippen molar-refractivity contribution in [3.05, 3.63) is 76.8 Å². The Hall–Kier alpha value is -2.51. The van der Waals surface area contributed by atoms with E-state index in [1.165, 1.54) is 12.1 Å². The van der Waals surface area contributed by atoms with Crippen LogP contribution in [0.5, 0.6) is 5.75 Å². The zero-order chi connectivity index (χ0) is 23.3. The van der Waals surface area contributed by atoms with Crippen LogP contribution < -0.4 is 10.1 Å². The Balaban J connectivity index is 1.99. The molecule has 3 rings (SSSR count). The van der Waals surface area contributed by atoms with Crippen molar-refractivity contribution in [1.29, 1.82) is 0 Å². The van der Waals surface area contributed by atoms with Crippen LogP contribution >= 0.6 is 11.6 Å². The summed E-state index contributed by atoms with van der Waals surface area (Å²) in [5.41, 5.74) is -0.432. The minimum Gasteiger partial charge on any atom is -0.497 e. The van der Waals surface area contributed by atoms with Gasteiger partial charge in [-0.15, -0.1) is 6.58 Å². The molecule has 1 aliphatic heterocycles. The number of hydrogen-bond donors (Lipinski definition) is 1. The number of piperidine rings is 1. The molecule has 1 saturated heterocycles. The van der Waals surface area contributed by atoms with Crippen LogP contribution in [0.25, 0.3) is 0 Å². The molecule has 1 fully saturated rings. The minimum absolute atomic E-state index is 0.0534. The fourth-order valence-electron chi connectivity index (χ4n) is 4.17. The molecule has 172 valence electrons. The molecule has 0 saturated carbocycles. The Morgan fingerprint density at radius 1 is 1.31 bits per heavy atom. The first-order valence-corrected chi connectivity index (χ1v) is 10.8. The highest BCUT2D eigenvalue weighted by Gasteiger charge is 2.36. The van der Waals surface area contributed by atoms with E-state index in [1.54, 1.807) is 13.2 Å². The molecule has 1 aliphatic rings. The van der Waals surface area contributed by atoms with Crippen LogP contribution in [0.4, 0.5) is 13.2 Å². The van der Waals surface area contributed by atoms with Gasteiger partial charge in [0, 0.05) is 12.6 Å². The van der Waals surface area contributed by atoms with E-state index in [-0.39, 0.29) is 11.6 Å². The maximum atomic E-state index is 13.3. The predicted molar refractivity (Wildman–Crippen MR) is 119 cm³/mol. The van der Waals surface area contributed by atoms with Gasteiger partial charge in [-0.25, -0.2) is 0 Å². The van der Waals surface area contributed by atoms with Gasteiger partial charge in [-0.1, -0.05) is 42.3 Å². The van der Waals surface area contributed by atoms with Crippen molar-refractivity contribution in [2.24, 2.45) is 0 Å². The first-order valence-electron chi connectivity index (χ1n) is 10.4. The fraction of sp³-hybridized carbons (Fsp3) is 0.375. The molecule has 1 amide bonds. The molecule has 0 aliphatic carbocycles. The van der Waals surface area contributed by atoms with Crippen molar-refractivity contribution in [3.8, 4) is 5.75 Å². The Morgan fingerprint density at radius 3 is 2.75 bits per heavy atom. The number of rotatable bonds is 7. The maximum Gasteiger partial charge on any atom is 0.417 e. The highest BCUT2D eigenvalue weighted by molar-refractivity contribution is 6.34. The summed E-state index contributed by atoms with van der Waals surface area (Å²) in [7, 11) is 1.56. The smallest absolute Gasteiger partial charge is 0.417 e. The number of nitrogens with zero attached hydrogens (tertiary/aromatic N) is 1. The molecule has 0 spiro atoms. The van der Waals surface area contributed by atoms with Gasteiger partial charge in [0.2, 0.25) is 0 Å². The lowest BCUT2D eigenvalue weighted by Gasteiger charge is -2.40. The lowest BCUT2D eigenvalue weighted by atomic mass is 9.90. The summed E-state index contributed by atoms with van der Waals surface area (Å²) in [5, 5.41) is 2.35. The number of ether oxygens (including phenoxy) is 1. The third kappa shape index (κ3) is 5.45. The second kappa shape index (κ2) is 10.4. The molecular weight excluding hydrogens is 441 g/mol. The summed E-state index contributed by atoms with van der Waals surface area (Å²) in [6.45, 7) is 5.32. The standard InChI is InChI=1S/C24H26ClF3N2O2/c1-3-13-30-14-5-4-12-20(30)22(16-8-6-9-17(15-16)32-2)29-23(31)18-10-7-11-19(21(18)25)24(26,27)28/h3,6-11,15,20,22H,1,4-5,12-14H2,2H3,(H,29,31)/t20-,22?/m0/s1. The Kier molecular flexibility index (Phi) is 7.85. The number of methoxy groups -OCH3 is 1. The molecule has 2 aromatic rings. The van der Waals surface area contributed by atoms with Crippen LogP contribution in [0, 0.1) is 0 Å². The topological polar surface area (TPSA) is 41.6 Å². The average Bonchev–Trinajstić information content (AvgIpc) is 2.77. The number of alkyl halides is 3. The van der Waals surface area contributed by atoms with E-state index >= 15 is 0 Å². The van der Waals surface area contributed by atoms with Crippen molar-refractivity contribution in [2.75, 3.05) is 20.2 Å². The summed E-state index contributed by atoms with van der Waals surface area (Å²) in [6.07, 6.45) is 0.00397. The van der Waals surface area contributed by atoms with Crippen LogP contribution in [0.1, 0.15) is 46.8 Å². The van der Waals surface area contributed by atoms with Gasteiger partial charge in [0.1, 0.15) is 5.75 Å². The highest BCUT2D eigenvalue weighted by atomic mass is 35.5. The van der Waals surface area contributed by atoms with E-state index in [0.29, 0.717) is 12.3 Å². The molecule has 2 aromatic carbocycles. The molecule has 0 bridgehead atoms. The minimum atomic E-state index is -4.65. The van der Waals surface area contributed by atoms with Crippen LogP contribution in [-0.2, 0) is 6.18 Å². The fourth-order valence-corrected chi connectivity index (χ4v) is 4.49. The number of hydrogen-bond acceptors (Lipinski definition) is 3. The van der Waals surface area contributed by atoms with Crippen LogP contribution in [0.3, 0.4) is 0 Å². The Labute approximate surface area is 191 Å². The predicted octanol–water partition coefficient (Wildman–Crippen LogP) is 5.88. The largest absolute Gasteiger partial charge is 0.497 e. The van der Waals surface area contributed by atoms with Gasteiger partial charge < -0.3 is 10.1 Å². The highest BCUT2D eigenvalue weighted by Crippen LogP contribution is 2.37. The van der Waals surface area contributed by atoms with E-state index in [4.69, 9.17) is 16.3 Å². The Morgan fingerprint density at radius 2 is 2.06 bits per heavy atom. The first kappa shape index (κ1) is 24.1. The summed E-state index contributed by atoms with van der Waals surface area (Å²) >= 11 is 6.01. The van der Waals surface area contributed by atoms with Gasteiger partial charge in [-0.2, -0.15) is 13.2 Å². The maximum absolute atomic E-state index is 13.3. The van der Waals surface area contributed by atoms with Crippen LogP contribution in [0.2, 0.25) is 5.02 Å². The molecular formula is C24H26ClF3N2O2. The van der Waals surface area contributed by atoms with Crippen molar-refractivity contribution in [3.63, 3.8) is 0 Å². The summed E-state index contributed by atoms with van der Waals surface area (Å²) < 4.78 is 45.2. The number of halogens is 4. The van der Waals surface area contributed by atoms with E-state index in [1.807, 2.05) is 24.3 Å². The van der Waals surface area contributed by atoms with Crippen molar-refractivity contribution in [2.45, 2.75) is 37.5 Å². The average molecular weight is 467 g/mol. The normalized spacial score (nSPS) is 18.1. The van der Waals surface area contributed by atoms with Crippen molar-refractivity contribution >= 4 is 17.5 Å². The van der Waals surface area contributed by atoms with Gasteiger partial charge in [0.25, 0.3) is 5.91 Å². The zero-order valence-corrected chi connectivity index (χ0v) is 18.5. The number of carbonyl (C=O) groups is 1. The summed E-state index contributed by atoms with van der Waals surface area (Å²) in [5.74, 6) is -0.0250. The molecule has 0 aromatic heterocycles. The molecule has 1 unspecified atom stereocenters. The Bertz CT molecular complexity index is 965. The van der Waals surface area contributed by atoms with E-state index in [0.717, 1.165) is 37.4 Å². The molecule has 1 N–H and O–H groups in total. The third-order valence-corrected chi connectivity index (χ3v) is 6.11. The number of benzene rings is 2.